The minimum absolute atomic E-state index is 0.131. The minimum atomic E-state index is 0.131. The number of benzene rings is 1. The molecule has 0 unspecified atom stereocenters. The van der Waals surface area contributed by atoms with Gasteiger partial charge in [-0.05, 0) is 66.6 Å². The molecule has 1 fully saturated rings. The lowest BCUT2D eigenvalue weighted by atomic mass is 9.88. The Bertz CT molecular complexity index is 1200. The number of halogens is 1. The predicted octanol–water partition coefficient (Wildman–Crippen LogP) is 4.60. The summed E-state index contributed by atoms with van der Waals surface area (Å²) in [7, 11) is 0. The van der Waals surface area contributed by atoms with Crippen LogP contribution in [0.2, 0.25) is 5.02 Å². The van der Waals surface area contributed by atoms with E-state index >= 15 is 0 Å². The highest BCUT2D eigenvalue weighted by molar-refractivity contribution is 6.30. The van der Waals surface area contributed by atoms with Gasteiger partial charge in [0.1, 0.15) is 5.75 Å². The Hall–Kier alpha value is -3.18. The van der Waals surface area contributed by atoms with E-state index in [1.165, 1.54) is 11.1 Å². The molecule has 2 aliphatic rings. The van der Waals surface area contributed by atoms with Crippen molar-refractivity contribution >= 4 is 23.1 Å². The number of fused-ring (bicyclic) bond motifs is 2. The molecule has 6 heteroatoms. The first kappa shape index (κ1) is 20.7. The van der Waals surface area contributed by atoms with Gasteiger partial charge in [-0.3, -0.25) is 14.8 Å². The third-order valence-electron chi connectivity index (χ3n) is 6.40. The molecule has 0 spiro atoms. The summed E-state index contributed by atoms with van der Waals surface area (Å²) in [4.78, 5) is 23.5. The molecule has 5 rings (SSSR count). The molecule has 1 saturated heterocycles. The summed E-state index contributed by atoms with van der Waals surface area (Å²) in [6.07, 6.45) is 8.59. The van der Waals surface area contributed by atoms with E-state index in [2.05, 4.69) is 16.0 Å². The van der Waals surface area contributed by atoms with Crippen LogP contribution < -0.4 is 0 Å². The lowest BCUT2D eigenvalue weighted by Gasteiger charge is -2.30. The first-order chi connectivity index (χ1) is 15.6. The third kappa shape index (κ3) is 4.00. The van der Waals surface area contributed by atoms with Crippen LogP contribution in [0.1, 0.15) is 40.8 Å². The molecule has 162 valence electrons. The number of pyridine rings is 2. The molecule has 0 radical (unpaired) electrons. The highest BCUT2D eigenvalue weighted by atomic mass is 35.5. The van der Waals surface area contributed by atoms with Crippen LogP contribution in [0.5, 0.6) is 5.75 Å². The van der Waals surface area contributed by atoms with Crippen molar-refractivity contribution in [3.8, 4) is 5.75 Å². The van der Waals surface area contributed by atoms with Crippen LogP contribution in [0.3, 0.4) is 0 Å². The Morgan fingerprint density at radius 1 is 1.06 bits per heavy atom. The highest BCUT2D eigenvalue weighted by Gasteiger charge is 2.27. The van der Waals surface area contributed by atoms with Crippen molar-refractivity contribution in [2.45, 2.75) is 32.1 Å². The Labute approximate surface area is 192 Å². The second-order valence-electron chi connectivity index (χ2n) is 8.36. The number of aromatic hydroxyl groups is 1. The van der Waals surface area contributed by atoms with E-state index in [1.54, 1.807) is 24.7 Å². The summed E-state index contributed by atoms with van der Waals surface area (Å²) in [6.45, 7) is 1.35. The number of aryl methyl sites for hydroxylation is 1. The van der Waals surface area contributed by atoms with E-state index in [-0.39, 0.29) is 11.7 Å². The van der Waals surface area contributed by atoms with E-state index in [0.29, 0.717) is 24.5 Å². The van der Waals surface area contributed by atoms with Gasteiger partial charge in [0.15, 0.2) is 0 Å². The number of nitrogens with zero attached hydrogens (tertiary/aromatic N) is 3. The molecular weight excluding hydrogens is 422 g/mol. The van der Waals surface area contributed by atoms with Gasteiger partial charge in [-0.1, -0.05) is 29.3 Å². The molecule has 1 aromatic carbocycles. The van der Waals surface area contributed by atoms with Gasteiger partial charge in [0.25, 0.3) is 0 Å². The van der Waals surface area contributed by atoms with Gasteiger partial charge < -0.3 is 10.0 Å². The Morgan fingerprint density at radius 3 is 2.69 bits per heavy atom. The van der Waals surface area contributed by atoms with Crippen molar-refractivity contribution in [1.82, 2.24) is 14.9 Å². The monoisotopic (exact) mass is 445 g/mol. The highest BCUT2D eigenvalue weighted by Crippen LogP contribution is 2.40. The van der Waals surface area contributed by atoms with Gasteiger partial charge in [-0.2, -0.15) is 0 Å². The number of rotatable bonds is 2. The van der Waals surface area contributed by atoms with E-state index in [4.69, 9.17) is 11.6 Å². The molecule has 1 aliphatic carbocycles. The average molecular weight is 446 g/mol. The van der Waals surface area contributed by atoms with Gasteiger partial charge in [0.2, 0.25) is 5.91 Å². The topological polar surface area (TPSA) is 66.3 Å². The van der Waals surface area contributed by atoms with Crippen LogP contribution >= 0.6 is 11.6 Å². The van der Waals surface area contributed by atoms with Crippen molar-refractivity contribution in [2.24, 2.45) is 0 Å². The van der Waals surface area contributed by atoms with Crippen LogP contribution in [0, 0.1) is 0 Å². The molecule has 2 aromatic heterocycles. The van der Waals surface area contributed by atoms with Gasteiger partial charge >= 0.3 is 0 Å². The predicted molar refractivity (Wildman–Crippen MR) is 125 cm³/mol. The van der Waals surface area contributed by atoms with Gasteiger partial charge in [-0.15, -0.1) is 0 Å². The zero-order chi connectivity index (χ0) is 22.1. The Morgan fingerprint density at radius 2 is 1.91 bits per heavy atom. The van der Waals surface area contributed by atoms with Crippen molar-refractivity contribution in [3.05, 3.63) is 93.5 Å². The van der Waals surface area contributed by atoms with Crippen molar-refractivity contribution in [2.75, 3.05) is 13.1 Å². The van der Waals surface area contributed by atoms with E-state index in [1.807, 2.05) is 29.2 Å². The second-order valence-corrected chi connectivity index (χ2v) is 8.79. The fraction of sp³-hybridized carbons (Fsp3) is 0.269. The molecule has 3 heterocycles. The molecular formula is C26H24ClN3O2. The Balaban J connectivity index is 1.47. The fourth-order valence-electron chi connectivity index (χ4n) is 4.77. The molecule has 3 aromatic rings. The summed E-state index contributed by atoms with van der Waals surface area (Å²) in [5.41, 5.74) is 7.36. The van der Waals surface area contributed by atoms with Crippen molar-refractivity contribution in [1.29, 1.82) is 0 Å². The molecule has 1 aliphatic heterocycles. The molecule has 1 N–H and O–H groups in total. The van der Waals surface area contributed by atoms with Crippen molar-refractivity contribution < 1.29 is 9.90 Å². The number of carbonyl (C=O) groups excluding carboxylic acids is 1. The number of amides is 1. The van der Waals surface area contributed by atoms with Gasteiger partial charge in [-0.25, -0.2) is 0 Å². The number of piperidine rings is 1. The largest absolute Gasteiger partial charge is 0.508 e. The summed E-state index contributed by atoms with van der Waals surface area (Å²) >= 11 is 6.30. The van der Waals surface area contributed by atoms with Crippen LogP contribution in [-0.4, -0.2) is 39.0 Å². The minimum Gasteiger partial charge on any atom is -0.508 e. The maximum absolute atomic E-state index is 12.8. The van der Waals surface area contributed by atoms with E-state index < -0.39 is 0 Å². The van der Waals surface area contributed by atoms with E-state index in [9.17, 15) is 9.90 Å². The maximum atomic E-state index is 12.8. The molecule has 32 heavy (non-hydrogen) atoms. The number of likely N-dealkylation sites (tertiary alicyclic amines) is 1. The first-order valence-corrected chi connectivity index (χ1v) is 11.3. The standard InChI is InChI=1S/C26H24ClN3O2/c27-20-4-6-21-19(15-20)3-5-22-23(31)7-11-29-26(22)25(21)18-8-12-30(13-9-18)24(32)14-17-2-1-10-28-16-17/h1-2,4,6-7,10-11,15-16H,3,5,8-9,12-14H2,(H,29,31). The maximum Gasteiger partial charge on any atom is 0.227 e. The quantitative estimate of drug-likeness (QED) is 0.626. The lowest BCUT2D eigenvalue weighted by molar-refractivity contribution is -0.130. The zero-order valence-electron chi connectivity index (χ0n) is 17.7. The Kier molecular flexibility index (Phi) is 5.66. The molecule has 1 amide bonds. The zero-order valence-corrected chi connectivity index (χ0v) is 18.5. The van der Waals surface area contributed by atoms with E-state index in [0.717, 1.165) is 53.6 Å². The number of hydrogen-bond acceptors (Lipinski definition) is 4. The van der Waals surface area contributed by atoms with Crippen LogP contribution in [0.4, 0.5) is 0 Å². The lowest BCUT2D eigenvalue weighted by Crippen LogP contribution is -2.37. The molecule has 5 nitrogen and oxygen atoms in total. The molecule has 0 saturated carbocycles. The van der Waals surface area contributed by atoms with Gasteiger partial charge in [0, 0.05) is 47.8 Å². The third-order valence-corrected chi connectivity index (χ3v) is 6.64. The van der Waals surface area contributed by atoms with Gasteiger partial charge in [0.05, 0.1) is 12.1 Å². The fourth-order valence-corrected chi connectivity index (χ4v) is 4.96. The average Bonchev–Trinajstić information content (AvgIpc) is 2.97. The van der Waals surface area contributed by atoms with Crippen LogP contribution in [0.25, 0.3) is 5.57 Å². The van der Waals surface area contributed by atoms with Crippen molar-refractivity contribution in [3.63, 3.8) is 0 Å². The van der Waals surface area contributed by atoms with Crippen LogP contribution in [-0.2, 0) is 24.1 Å². The SMILES string of the molecule is O=C(Cc1cccnc1)N1CCC(=C2c3ccc(Cl)cc3CCc3c(O)ccnc32)CC1. The summed E-state index contributed by atoms with van der Waals surface area (Å²) in [5, 5.41) is 11.3. The summed E-state index contributed by atoms with van der Waals surface area (Å²) in [5.74, 6) is 0.419. The smallest absolute Gasteiger partial charge is 0.227 e. The number of aromatic nitrogens is 2. The summed E-state index contributed by atoms with van der Waals surface area (Å²) < 4.78 is 0. The molecule has 0 atom stereocenters. The van der Waals surface area contributed by atoms with Crippen LogP contribution in [0.15, 0.2) is 60.6 Å². The summed E-state index contributed by atoms with van der Waals surface area (Å²) in [6, 6.07) is 11.5. The number of hydrogen-bond donors (Lipinski definition) is 1. The first-order valence-electron chi connectivity index (χ1n) is 10.9. The molecule has 0 bridgehead atoms. The number of carbonyl (C=O) groups is 1. The second kappa shape index (κ2) is 8.75. The normalized spacial score (nSPS) is 15.7.